The first-order chi connectivity index (χ1) is 12.2. The fourth-order valence-corrected chi connectivity index (χ4v) is 3.12. The molecule has 25 heavy (non-hydrogen) atoms. The Labute approximate surface area is 146 Å². The number of imidazole rings is 1. The number of H-pyrrole nitrogens is 1. The van der Waals surface area contributed by atoms with Crippen LogP contribution in [0.15, 0.2) is 67.0 Å². The summed E-state index contributed by atoms with van der Waals surface area (Å²) in [4.78, 5) is 12.1. The van der Waals surface area contributed by atoms with Crippen LogP contribution in [0, 0.1) is 6.92 Å². The van der Waals surface area contributed by atoms with Crippen molar-refractivity contribution >= 4 is 11.0 Å². The van der Waals surface area contributed by atoms with Crippen LogP contribution in [-0.4, -0.2) is 15.0 Å². The minimum absolute atomic E-state index is 0.154. The first-order valence-electron chi connectivity index (χ1n) is 8.40. The summed E-state index contributed by atoms with van der Waals surface area (Å²) < 4.78 is 0. The summed E-state index contributed by atoms with van der Waals surface area (Å²) in [6, 6.07) is 18.5. The molecule has 1 atom stereocenters. The summed E-state index contributed by atoms with van der Waals surface area (Å²) >= 11 is 0. The van der Waals surface area contributed by atoms with Crippen LogP contribution in [0.2, 0.25) is 0 Å². The third kappa shape index (κ3) is 3.30. The molecule has 4 aromatic rings. The lowest BCUT2D eigenvalue weighted by Gasteiger charge is -2.09. The van der Waals surface area contributed by atoms with Crippen LogP contribution in [0.25, 0.3) is 22.2 Å². The number of nitrogens with two attached hydrogens (primary N) is 1. The normalized spacial score (nSPS) is 12.4. The Balaban J connectivity index is 1.62. The Bertz CT molecular complexity index is 1000. The summed E-state index contributed by atoms with van der Waals surface area (Å²) in [5.74, 6) is 0.823. The standard InChI is InChI=1S/C21H20N4/c1-14-3-2-4-15(11-14)12-18(22)21-24-19-6-5-17(13-20(19)25-21)16-7-9-23-10-8-16/h2-11,13,18H,12,22H2,1H3,(H,24,25). The molecule has 0 saturated carbocycles. The molecule has 0 radical (unpaired) electrons. The van der Waals surface area contributed by atoms with Crippen LogP contribution in [0.1, 0.15) is 23.0 Å². The van der Waals surface area contributed by atoms with Crippen LogP contribution in [0.5, 0.6) is 0 Å². The lowest BCUT2D eigenvalue weighted by atomic mass is 10.0. The lowest BCUT2D eigenvalue weighted by Crippen LogP contribution is -2.15. The maximum absolute atomic E-state index is 6.39. The number of benzene rings is 2. The summed E-state index contributed by atoms with van der Waals surface area (Å²) in [6.45, 7) is 2.09. The first kappa shape index (κ1) is 15.5. The number of aromatic nitrogens is 3. The van der Waals surface area contributed by atoms with Gasteiger partial charge in [0.2, 0.25) is 0 Å². The van der Waals surface area contributed by atoms with Gasteiger partial charge in [-0.05, 0) is 54.3 Å². The second-order valence-corrected chi connectivity index (χ2v) is 6.39. The van der Waals surface area contributed by atoms with Crippen molar-refractivity contribution in [2.24, 2.45) is 5.73 Å². The van der Waals surface area contributed by atoms with Crippen LogP contribution in [0.4, 0.5) is 0 Å². The average molecular weight is 328 g/mol. The van der Waals surface area contributed by atoms with E-state index in [0.717, 1.165) is 34.4 Å². The quantitative estimate of drug-likeness (QED) is 0.590. The Hall–Kier alpha value is -2.98. The second-order valence-electron chi connectivity index (χ2n) is 6.39. The second kappa shape index (κ2) is 6.49. The predicted molar refractivity (Wildman–Crippen MR) is 101 cm³/mol. The van der Waals surface area contributed by atoms with Gasteiger partial charge in [0.15, 0.2) is 0 Å². The minimum atomic E-state index is -0.154. The Kier molecular flexibility index (Phi) is 4.04. The largest absolute Gasteiger partial charge is 0.341 e. The molecule has 0 aliphatic rings. The maximum Gasteiger partial charge on any atom is 0.124 e. The van der Waals surface area contributed by atoms with Crippen molar-refractivity contribution in [2.75, 3.05) is 0 Å². The van der Waals surface area contributed by atoms with Crippen LogP contribution >= 0.6 is 0 Å². The molecule has 0 aliphatic carbocycles. The summed E-state index contributed by atoms with van der Waals surface area (Å²) in [7, 11) is 0. The number of hydrogen-bond donors (Lipinski definition) is 2. The number of fused-ring (bicyclic) bond motifs is 1. The van der Waals surface area contributed by atoms with Crippen LogP contribution in [0.3, 0.4) is 0 Å². The molecule has 0 fully saturated rings. The van der Waals surface area contributed by atoms with E-state index in [-0.39, 0.29) is 6.04 Å². The van der Waals surface area contributed by atoms with Gasteiger partial charge in [0.05, 0.1) is 17.1 Å². The highest BCUT2D eigenvalue weighted by Gasteiger charge is 2.13. The van der Waals surface area contributed by atoms with Gasteiger partial charge in [0.1, 0.15) is 5.82 Å². The van der Waals surface area contributed by atoms with Gasteiger partial charge in [-0.25, -0.2) is 4.98 Å². The number of pyridine rings is 1. The number of hydrogen-bond acceptors (Lipinski definition) is 3. The molecule has 1 unspecified atom stereocenters. The van der Waals surface area contributed by atoms with E-state index in [1.54, 1.807) is 12.4 Å². The highest BCUT2D eigenvalue weighted by molar-refractivity contribution is 5.82. The number of nitrogens with zero attached hydrogens (tertiary/aromatic N) is 2. The molecule has 3 N–H and O–H groups in total. The smallest absolute Gasteiger partial charge is 0.124 e. The van der Waals surface area contributed by atoms with Crippen molar-refractivity contribution in [3.63, 3.8) is 0 Å². The van der Waals surface area contributed by atoms with E-state index in [1.807, 2.05) is 18.2 Å². The van der Waals surface area contributed by atoms with E-state index in [4.69, 9.17) is 5.73 Å². The number of rotatable bonds is 4. The zero-order valence-electron chi connectivity index (χ0n) is 14.1. The van der Waals surface area contributed by atoms with Gasteiger partial charge in [-0.15, -0.1) is 0 Å². The summed E-state index contributed by atoms with van der Waals surface area (Å²) in [5.41, 5.74) is 13.1. The molecule has 4 heteroatoms. The molecule has 4 rings (SSSR count). The molecular weight excluding hydrogens is 308 g/mol. The Morgan fingerprint density at radius 1 is 1.00 bits per heavy atom. The van der Waals surface area contributed by atoms with E-state index >= 15 is 0 Å². The molecule has 124 valence electrons. The van der Waals surface area contributed by atoms with Gasteiger partial charge in [0, 0.05) is 12.4 Å². The van der Waals surface area contributed by atoms with Gasteiger partial charge >= 0.3 is 0 Å². The SMILES string of the molecule is Cc1cccc(CC(N)c2nc3ccc(-c4ccncc4)cc3[nH]2)c1. The molecular formula is C21H20N4. The van der Waals surface area contributed by atoms with Crippen molar-refractivity contribution in [1.29, 1.82) is 0 Å². The average Bonchev–Trinajstić information content (AvgIpc) is 3.06. The van der Waals surface area contributed by atoms with E-state index < -0.39 is 0 Å². The zero-order chi connectivity index (χ0) is 17.2. The van der Waals surface area contributed by atoms with Gasteiger partial charge in [-0.3, -0.25) is 4.98 Å². The summed E-state index contributed by atoms with van der Waals surface area (Å²) in [6.07, 6.45) is 4.37. The van der Waals surface area contributed by atoms with E-state index in [1.165, 1.54) is 11.1 Å². The topological polar surface area (TPSA) is 67.6 Å². The molecule has 2 aromatic heterocycles. The van der Waals surface area contributed by atoms with E-state index in [9.17, 15) is 0 Å². The molecule has 0 spiro atoms. The monoisotopic (exact) mass is 328 g/mol. The maximum atomic E-state index is 6.39. The molecule has 2 heterocycles. The Morgan fingerprint density at radius 2 is 1.84 bits per heavy atom. The van der Waals surface area contributed by atoms with Gasteiger partial charge in [0.25, 0.3) is 0 Å². The van der Waals surface area contributed by atoms with Gasteiger partial charge in [-0.2, -0.15) is 0 Å². The van der Waals surface area contributed by atoms with E-state index in [0.29, 0.717) is 0 Å². The van der Waals surface area contributed by atoms with Crippen molar-refractivity contribution in [3.8, 4) is 11.1 Å². The van der Waals surface area contributed by atoms with Crippen LogP contribution in [-0.2, 0) is 6.42 Å². The molecule has 2 aromatic carbocycles. The first-order valence-corrected chi connectivity index (χ1v) is 8.40. The van der Waals surface area contributed by atoms with Gasteiger partial charge < -0.3 is 10.7 Å². The molecule has 0 bridgehead atoms. The molecule has 4 nitrogen and oxygen atoms in total. The van der Waals surface area contributed by atoms with E-state index in [2.05, 4.69) is 58.3 Å². The fourth-order valence-electron chi connectivity index (χ4n) is 3.12. The fraction of sp³-hybridized carbons (Fsp3) is 0.143. The highest BCUT2D eigenvalue weighted by atomic mass is 15.0. The van der Waals surface area contributed by atoms with Crippen molar-refractivity contribution in [2.45, 2.75) is 19.4 Å². The van der Waals surface area contributed by atoms with Crippen molar-refractivity contribution in [1.82, 2.24) is 15.0 Å². The molecule has 0 aliphatic heterocycles. The van der Waals surface area contributed by atoms with Gasteiger partial charge in [-0.1, -0.05) is 35.9 Å². The molecule has 0 amide bonds. The number of nitrogens with one attached hydrogen (secondary N) is 1. The number of aromatic amines is 1. The predicted octanol–water partition coefficient (Wildman–Crippen LogP) is 4.18. The van der Waals surface area contributed by atoms with Crippen molar-refractivity contribution in [3.05, 3.63) is 83.9 Å². The molecule has 0 saturated heterocycles. The summed E-state index contributed by atoms with van der Waals surface area (Å²) in [5, 5.41) is 0. The lowest BCUT2D eigenvalue weighted by molar-refractivity contribution is 0.680. The van der Waals surface area contributed by atoms with Crippen LogP contribution < -0.4 is 5.73 Å². The zero-order valence-corrected chi connectivity index (χ0v) is 14.1. The minimum Gasteiger partial charge on any atom is -0.341 e. The third-order valence-electron chi connectivity index (χ3n) is 4.40. The number of aryl methyl sites for hydroxylation is 1. The van der Waals surface area contributed by atoms with Crippen molar-refractivity contribution < 1.29 is 0 Å². The highest BCUT2D eigenvalue weighted by Crippen LogP contribution is 2.24. The third-order valence-corrected chi connectivity index (χ3v) is 4.40. The Morgan fingerprint density at radius 3 is 2.64 bits per heavy atom.